The normalized spacial score (nSPS) is 18.8. The molecule has 3 nitrogen and oxygen atoms in total. The molecule has 3 heteroatoms. The molecular weight excluding hydrogens is 152 g/mol. The van der Waals surface area contributed by atoms with Crippen molar-refractivity contribution in [2.45, 2.75) is 39.3 Å². The fourth-order valence-corrected chi connectivity index (χ4v) is 1.06. The minimum absolute atomic E-state index is 0.126. The van der Waals surface area contributed by atoms with E-state index in [1.807, 2.05) is 27.7 Å². The Kier molecular flexibility index (Phi) is 5.46. The van der Waals surface area contributed by atoms with Gasteiger partial charge in [-0.2, -0.15) is 0 Å². The first kappa shape index (κ1) is 11.9. The highest BCUT2D eigenvalue weighted by Crippen LogP contribution is 2.07. The van der Waals surface area contributed by atoms with E-state index in [9.17, 15) is 5.11 Å². The Morgan fingerprint density at radius 3 is 2.33 bits per heavy atom. The van der Waals surface area contributed by atoms with Crippen LogP contribution < -0.4 is 10.6 Å². The van der Waals surface area contributed by atoms with Crippen molar-refractivity contribution in [3.8, 4) is 0 Å². The number of likely N-dealkylation sites (N-methyl/N-ethyl adjacent to an activating group) is 2. The SMILES string of the molecule is CCNCC(C)(O)C(C)NCC. The smallest absolute Gasteiger partial charge is 0.0892 e. The molecule has 0 aliphatic heterocycles. The molecular formula is C9H22N2O. The lowest BCUT2D eigenvalue weighted by Gasteiger charge is -2.31. The Morgan fingerprint density at radius 2 is 1.92 bits per heavy atom. The second kappa shape index (κ2) is 5.51. The van der Waals surface area contributed by atoms with Gasteiger partial charge in [0.2, 0.25) is 0 Å². The molecule has 0 radical (unpaired) electrons. The van der Waals surface area contributed by atoms with Crippen LogP contribution >= 0.6 is 0 Å². The van der Waals surface area contributed by atoms with E-state index in [0.717, 1.165) is 13.1 Å². The summed E-state index contributed by atoms with van der Waals surface area (Å²) in [5, 5.41) is 16.3. The van der Waals surface area contributed by atoms with Crippen LogP contribution in [0.4, 0.5) is 0 Å². The Balaban J connectivity index is 3.81. The molecule has 0 fully saturated rings. The van der Waals surface area contributed by atoms with Crippen molar-refractivity contribution in [2.75, 3.05) is 19.6 Å². The fourth-order valence-electron chi connectivity index (χ4n) is 1.06. The summed E-state index contributed by atoms with van der Waals surface area (Å²) in [7, 11) is 0. The van der Waals surface area contributed by atoms with Gasteiger partial charge in [-0.3, -0.25) is 0 Å². The summed E-state index contributed by atoms with van der Waals surface area (Å²) in [6.45, 7) is 10.4. The van der Waals surface area contributed by atoms with Crippen molar-refractivity contribution in [2.24, 2.45) is 0 Å². The first-order valence-electron chi connectivity index (χ1n) is 4.71. The second-order valence-electron chi connectivity index (χ2n) is 3.42. The van der Waals surface area contributed by atoms with Crippen LogP contribution in [0.2, 0.25) is 0 Å². The van der Waals surface area contributed by atoms with Gasteiger partial charge in [-0.15, -0.1) is 0 Å². The highest BCUT2D eigenvalue weighted by Gasteiger charge is 2.26. The highest BCUT2D eigenvalue weighted by atomic mass is 16.3. The van der Waals surface area contributed by atoms with Crippen molar-refractivity contribution < 1.29 is 5.11 Å². The van der Waals surface area contributed by atoms with Crippen molar-refractivity contribution in [3.63, 3.8) is 0 Å². The molecule has 74 valence electrons. The summed E-state index contributed by atoms with van der Waals surface area (Å²) < 4.78 is 0. The molecule has 2 unspecified atom stereocenters. The van der Waals surface area contributed by atoms with Gasteiger partial charge < -0.3 is 15.7 Å². The zero-order chi connectivity index (χ0) is 9.61. The van der Waals surface area contributed by atoms with Gasteiger partial charge in [-0.05, 0) is 26.9 Å². The van der Waals surface area contributed by atoms with E-state index in [2.05, 4.69) is 10.6 Å². The quantitative estimate of drug-likeness (QED) is 0.544. The lowest BCUT2D eigenvalue weighted by atomic mass is 9.98. The van der Waals surface area contributed by atoms with E-state index in [1.165, 1.54) is 0 Å². The molecule has 0 saturated heterocycles. The first-order valence-corrected chi connectivity index (χ1v) is 4.71. The summed E-state index contributed by atoms with van der Waals surface area (Å²) >= 11 is 0. The molecule has 0 saturated carbocycles. The number of hydrogen-bond donors (Lipinski definition) is 3. The molecule has 0 aliphatic rings. The molecule has 0 heterocycles. The molecule has 0 aromatic rings. The van der Waals surface area contributed by atoms with Crippen LogP contribution in [-0.2, 0) is 0 Å². The van der Waals surface area contributed by atoms with Crippen molar-refractivity contribution in [3.05, 3.63) is 0 Å². The van der Waals surface area contributed by atoms with Crippen LogP contribution in [0.5, 0.6) is 0 Å². The predicted molar refractivity (Wildman–Crippen MR) is 52.3 cm³/mol. The predicted octanol–water partition coefficient (Wildman–Crippen LogP) is 0.345. The summed E-state index contributed by atoms with van der Waals surface area (Å²) in [5.74, 6) is 0. The van der Waals surface area contributed by atoms with Gasteiger partial charge >= 0.3 is 0 Å². The monoisotopic (exact) mass is 174 g/mol. The minimum atomic E-state index is -0.661. The molecule has 2 atom stereocenters. The van der Waals surface area contributed by atoms with E-state index in [-0.39, 0.29) is 6.04 Å². The molecule has 0 spiro atoms. The molecule has 3 N–H and O–H groups in total. The van der Waals surface area contributed by atoms with Gasteiger partial charge in [-0.25, -0.2) is 0 Å². The van der Waals surface area contributed by atoms with E-state index >= 15 is 0 Å². The Hall–Kier alpha value is -0.120. The molecule has 0 rings (SSSR count). The van der Waals surface area contributed by atoms with Crippen LogP contribution in [0.15, 0.2) is 0 Å². The second-order valence-corrected chi connectivity index (χ2v) is 3.42. The fraction of sp³-hybridized carbons (Fsp3) is 1.00. The molecule has 0 aromatic carbocycles. The maximum Gasteiger partial charge on any atom is 0.0892 e. The van der Waals surface area contributed by atoms with Gasteiger partial charge in [0.15, 0.2) is 0 Å². The van der Waals surface area contributed by atoms with Gasteiger partial charge in [0.05, 0.1) is 5.60 Å². The molecule has 0 amide bonds. The zero-order valence-electron chi connectivity index (χ0n) is 8.65. The Bertz CT molecular complexity index is 115. The number of nitrogens with one attached hydrogen (secondary N) is 2. The maximum atomic E-state index is 9.92. The van der Waals surface area contributed by atoms with Gasteiger partial charge in [-0.1, -0.05) is 13.8 Å². The van der Waals surface area contributed by atoms with E-state index in [1.54, 1.807) is 0 Å². The van der Waals surface area contributed by atoms with Gasteiger partial charge in [0, 0.05) is 12.6 Å². The van der Waals surface area contributed by atoms with Crippen LogP contribution in [0, 0.1) is 0 Å². The average molecular weight is 174 g/mol. The van der Waals surface area contributed by atoms with Crippen LogP contribution in [0.1, 0.15) is 27.7 Å². The van der Waals surface area contributed by atoms with E-state index < -0.39 is 5.60 Å². The highest BCUT2D eigenvalue weighted by molar-refractivity contribution is 4.85. The maximum absolute atomic E-state index is 9.92. The van der Waals surface area contributed by atoms with Crippen LogP contribution in [0.3, 0.4) is 0 Å². The summed E-state index contributed by atoms with van der Waals surface area (Å²) in [6, 6.07) is 0.126. The van der Waals surface area contributed by atoms with Gasteiger partial charge in [0.1, 0.15) is 0 Å². The van der Waals surface area contributed by atoms with Crippen molar-refractivity contribution in [1.29, 1.82) is 0 Å². The third kappa shape index (κ3) is 4.04. The lowest BCUT2D eigenvalue weighted by Crippen LogP contribution is -2.52. The third-order valence-electron chi connectivity index (χ3n) is 2.18. The Morgan fingerprint density at radius 1 is 1.33 bits per heavy atom. The zero-order valence-corrected chi connectivity index (χ0v) is 8.65. The van der Waals surface area contributed by atoms with Crippen LogP contribution in [-0.4, -0.2) is 36.4 Å². The number of rotatable bonds is 6. The molecule has 0 bridgehead atoms. The van der Waals surface area contributed by atoms with Gasteiger partial charge in [0.25, 0.3) is 0 Å². The standard InChI is InChI=1S/C9H22N2O/c1-5-10-7-9(4,12)8(3)11-6-2/h8,10-12H,5-7H2,1-4H3. The summed E-state index contributed by atoms with van der Waals surface area (Å²) in [4.78, 5) is 0. The average Bonchev–Trinajstić information content (AvgIpc) is 2.01. The third-order valence-corrected chi connectivity index (χ3v) is 2.18. The van der Waals surface area contributed by atoms with Crippen molar-refractivity contribution in [1.82, 2.24) is 10.6 Å². The lowest BCUT2D eigenvalue weighted by molar-refractivity contribution is 0.0270. The molecule has 0 aliphatic carbocycles. The minimum Gasteiger partial charge on any atom is -0.387 e. The van der Waals surface area contributed by atoms with Crippen LogP contribution in [0.25, 0.3) is 0 Å². The number of hydrogen-bond acceptors (Lipinski definition) is 3. The summed E-state index contributed by atoms with van der Waals surface area (Å²) in [6.07, 6.45) is 0. The Labute approximate surface area is 75.6 Å². The molecule has 12 heavy (non-hydrogen) atoms. The number of aliphatic hydroxyl groups is 1. The summed E-state index contributed by atoms with van der Waals surface area (Å²) in [5.41, 5.74) is -0.661. The first-order chi connectivity index (χ1) is 5.54. The van der Waals surface area contributed by atoms with Crippen molar-refractivity contribution >= 4 is 0 Å². The topological polar surface area (TPSA) is 44.3 Å². The van der Waals surface area contributed by atoms with E-state index in [0.29, 0.717) is 6.54 Å². The largest absolute Gasteiger partial charge is 0.387 e. The van der Waals surface area contributed by atoms with E-state index in [4.69, 9.17) is 0 Å². The molecule has 0 aromatic heterocycles.